The number of carbonyl (C=O) groups excluding carboxylic acids is 1. The Balaban J connectivity index is 1.58. The van der Waals surface area contributed by atoms with Crippen molar-refractivity contribution < 1.29 is 4.79 Å². The number of likely N-dealkylation sites (tertiary alicyclic amines) is 1. The van der Waals surface area contributed by atoms with Gasteiger partial charge >= 0.3 is 5.69 Å². The van der Waals surface area contributed by atoms with Crippen LogP contribution in [-0.4, -0.2) is 75.9 Å². The maximum Gasteiger partial charge on any atom is 0.346 e. The summed E-state index contributed by atoms with van der Waals surface area (Å²) in [5.41, 5.74) is -0.803. The molecule has 9 heteroatoms. The minimum absolute atomic E-state index is 0.205. The number of aromatic nitrogens is 3. The second kappa shape index (κ2) is 8.03. The van der Waals surface area contributed by atoms with Gasteiger partial charge in [0, 0.05) is 53.4 Å². The predicted molar refractivity (Wildman–Crippen MR) is 98.4 cm³/mol. The molecule has 0 aliphatic carbocycles. The van der Waals surface area contributed by atoms with E-state index in [0.717, 1.165) is 30.5 Å². The highest BCUT2D eigenvalue weighted by Gasteiger charge is 2.25. The van der Waals surface area contributed by atoms with Crippen molar-refractivity contribution in [3.63, 3.8) is 0 Å². The Labute approximate surface area is 152 Å². The third-order valence-electron chi connectivity index (χ3n) is 5.29. The lowest BCUT2D eigenvalue weighted by atomic mass is 10.2. The van der Waals surface area contributed by atoms with Gasteiger partial charge in [0.2, 0.25) is 11.7 Å². The fraction of sp³-hybridized carbons (Fsp3) is 0.765. The number of anilines is 1. The van der Waals surface area contributed by atoms with Crippen molar-refractivity contribution in [3.8, 4) is 0 Å². The van der Waals surface area contributed by atoms with Gasteiger partial charge in [-0.25, -0.2) is 9.48 Å². The molecule has 1 amide bonds. The first-order valence-electron chi connectivity index (χ1n) is 9.37. The van der Waals surface area contributed by atoms with Crippen molar-refractivity contribution in [1.82, 2.24) is 24.1 Å². The quantitative estimate of drug-likeness (QED) is 0.684. The van der Waals surface area contributed by atoms with Gasteiger partial charge in [-0.05, 0) is 12.8 Å². The van der Waals surface area contributed by atoms with Crippen LogP contribution in [-0.2, 0) is 18.9 Å². The molecule has 2 saturated heterocycles. The van der Waals surface area contributed by atoms with Crippen molar-refractivity contribution in [1.29, 1.82) is 0 Å². The van der Waals surface area contributed by atoms with E-state index in [9.17, 15) is 14.4 Å². The molecule has 2 aliphatic heterocycles. The van der Waals surface area contributed by atoms with E-state index in [4.69, 9.17) is 0 Å². The van der Waals surface area contributed by atoms with Gasteiger partial charge in [-0.2, -0.15) is 0 Å². The molecule has 0 aromatic carbocycles. The molecule has 0 atom stereocenters. The lowest BCUT2D eigenvalue weighted by molar-refractivity contribution is -0.132. The Hall–Kier alpha value is -2.16. The van der Waals surface area contributed by atoms with Gasteiger partial charge in [0.25, 0.3) is 5.56 Å². The lowest BCUT2D eigenvalue weighted by Crippen LogP contribution is -2.52. The summed E-state index contributed by atoms with van der Waals surface area (Å²) in [7, 11) is 3.01. The predicted octanol–water partition coefficient (Wildman–Crippen LogP) is -0.996. The van der Waals surface area contributed by atoms with Crippen LogP contribution in [0.4, 0.5) is 5.82 Å². The number of rotatable bonds is 3. The minimum atomic E-state index is -0.430. The Morgan fingerprint density at radius 2 is 1.54 bits per heavy atom. The fourth-order valence-corrected chi connectivity index (χ4v) is 3.61. The first kappa shape index (κ1) is 18.6. The van der Waals surface area contributed by atoms with E-state index >= 15 is 0 Å². The summed E-state index contributed by atoms with van der Waals surface area (Å²) in [6.07, 6.45) is 4.62. The number of amides is 1. The van der Waals surface area contributed by atoms with Crippen LogP contribution in [0.15, 0.2) is 9.59 Å². The van der Waals surface area contributed by atoms with Gasteiger partial charge in [-0.3, -0.25) is 19.1 Å². The highest BCUT2D eigenvalue weighted by molar-refractivity contribution is 5.78. The van der Waals surface area contributed by atoms with Crippen LogP contribution in [0, 0.1) is 0 Å². The highest BCUT2D eigenvalue weighted by atomic mass is 16.2. The van der Waals surface area contributed by atoms with Crippen molar-refractivity contribution in [2.75, 3.05) is 50.7 Å². The van der Waals surface area contributed by atoms with Gasteiger partial charge in [0.1, 0.15) is 0 Å². The molecule has 0 unspecified atom stereocenters. The van der Waals surface area contributed by atoms with Crippen molar-refractivity contribution >= 4 is 11.7 Å². The SMILES string of the molecule is Cn1nc(N2CCN(CC(=O)N3CCCCCC3)CC2)c(=O)n(C)c1=O. The smallest absolute Gasteiger partial charge is 0.346 e. The van der Waals surface area contributed by atoms with Crippen LogP contribution < -0.4 is 16.1 Å². The maximum atomic E-state index is 12.5. The zero-order chi connectivity index (χ0) is 18.7. The molecule has 3 rings (SSSR count). The van der Waals surface area contributed by atoms with E-state index in [2.05, 4.69) is 10.00 Å². The van der Waals surface area contributed by atoms with Crippen LogP contribution >= 0.6 is 0 Å². The van der Waals surface area contributed by atoms with Crippen molar-refractivity contribution in [2.24, 2.45) is 14.1 Å². The second-order valence-electron chi connectivity index (χ2n) is 7.15. The van der Waals surface area contributed by atoms with E-state index in [0.29, 0.717) is 38.5 Å². The Morgan fingerprint density at radius 1 is 0.923 bits per heavy atom. The molecule has 9 nitrogen and oxygen atoms in total. The minimum Gasteiger partial charge on any atom is -0.348 e. The molecule has 0 N–H and O–H groups in total. The van der Waals surface area contributed by atoms with Crippen molar-refractivity contribution in [3.05, 3.63) is 20.8 Å². The zero-order valence-electron chi connectivity index (χ0n) is 15.7. The molecular formula is C17H28N6O3. The molecule has 0 saturated carbocycles. The summed E-state index contributed by atoms with van der Waals surface area (Å²) in [6.45, 7) is 4.82. The van der Waals surface area contributed by atoms with Crippen LogP contribution in [0.1, 0.15) is 25.7 Å². The lowest BCUT2D eigenvalue weighted by Gasteiger charge is -2.35. The van der Waals surface area contributed by atoms with Gasteiger partial charge in [-0.15, -0.1) is 5.10 Å². The summed E-state index contributed by atoms with van der Waals surface area (Å²) in [5.74, 6) is 0.504. The molecular weight excluding hydrogens is 336 g/mol. The number of nitrogens with zero attached hydrogens (tertiary/aromatic N) is 6. The van der Waals surface area contributed by atoms with E-state index < -0.39 is 5.69 Å². The third-order valence-corrected chi connectivity index (χ3v) is 5.29. The van der Waals surface area contributed by atoms with Crippen LogP contribution in [0.3, 0.4) is 0 Å². The molecule has 3 heterocycles. The molecule has 2 aliphatic rings. The summed E-state index contributed by atoms with van der Waals surface area (Å²) in [4.78, 5) is 42.6. The highest BCUT2D eigenvalue weighted by Crippen LogP contribution is 2.12. The summed E-state index contributed by atoms with van der Waals surface area (Å²) >= 11 is 0. The average Bonchev–Trinajstić information content (AvgIpc) is 2.93. The summed E-state index contributed by atoms with van der Waals surface area (Å²) in [6, 6.07) is 0. The van der Waals surface area contributed by atoms with Crippen LogP contribution in [0.5, 0.6) is 0 Å². The summed E-state index contributed by atoms with van der Waals surface area (Å²) in [5, 5.41) is 4.13. The first-order valence-corrected chi connectivity index (χ1v) is 9.37. The molecule has 2 fully saturated rings. The molecule has 0 spiro atoms. The van der Waals surface area contributed by atoms with Gasteiger partial charge in [0.15, 0.2) is 0 Å². The van der Waals surface area contributed by atoms with E-state index in [-0.39, 0.29) is 11.5 Å². The van der Waals surface area contributed by atoms with Gasteiger partial charge < -0.3 is 9.80 Å². The van der Waals surface area contributed by atoms with Crippen LogP contribution in [0.2, 0.25) is 0 Å². The Morgan fingerprint density at radius 3 is 2.15 bits per heavy atom. The van der Waals surface area contributed by atoms with Gasteiger partial charge in [-0.1, -0.05) is 12.8 Å². The standard InChI is InChI=1S/C17H28N6O3/c1-19-16(25)15(18-20(2)17(19)26)23-11-9-21(10-12-23)13-14(24)22-7-5-3-4-6-8-22/h3-13H2,1-2H3. The van der Waals surface area contributed by atoms with Crippen LogP contribution in [0.25, 0.3) is 0 Å². The van der Waals surface area contributed by atoms with E-state index in [1.165, 1.54) is 24.6 Å². The molecule has 0 radical (unpaired) electrons. The first-order chi connectivity index (χ1) is 12.5. The number of piperazine rings is 1. The molecule has 0 bridgehead atoms. The zero-order valence-corrected chi connectivity index (χ0v) is 15.7. The maximum absolute atomic E-state index is 12.5. The molecule has 1 aromatic rings. The molecule has 1 aromatic heterocycles. The Kier molecular flexibility index (Phi) is 5.75. The third kappa shape index (κ3) is 3.98. The Bertz CT molecular complexity index is 755. The summed E-state index contributed by atoms with van der Waals surface area (Å²) < 4.78 is 2.27. The normalized spacial score (nSPS) is 19.5. The van der Waals surface area contributed by atoms with Gasteiger partial charge in [0.05, 0.1) is 6.54 Å². The van der Waals surface area contributed by atoms with E-state index in [1.807, 2.05) is 9.80 Å². The van der Waals surface area contributed by atoms with Crippen molar-refractivity contribution in [2.45, 2.75) is 25.7 Å². The molecule has 26 heavy (non-hydrogen) atoms. The monoisotopic (exact) mass is 364 g/mol. The second-order valence-corrected chi connectivity index (χ2v) is 7.15. The average molecular weight is 364 g/mol. The number of aryl methyl sites for hydroxylation is 1. The number of carbonyl (C=O) groups is 1. The van der Waals surface area contributed by atoms with E-state index in [1.54, 1.807) is 7.05 Å². The molecule has 144 valence electrons. The topological polar surface area (TPSA) is 83.7 Å². The fourth-order valence-electron chi connectivity index (χ4n) is 3.61. The number of hydrogen-bond acceptors (Lipinski definition) is 6. The number of hydrogen-bond donors (Lipinski definition) is 0. The largest absolute Gasteiger partial charge is 0.348 e.